The number of phenols is 1. The number of rotatable bonds is 10. The van der Waals surface area contributed by atoms with Crippen molar-refractivity contribution in [3.63, 3.8) is 0 Å². The van der Waals surface area contributed by atoms with Crippen molar-refractivity contribution in [1.29, 1.82) is 0 Å². The highest BCUT2D eigenvalue weighted by Crippen LogP contribution is 2.40. The van der Waals surface area contributed by atoms with Crippen LogP contribution in [0.3, 0.4) is 0 Å². The van der Waals surface area contributed by atoms with E-state index in [0.29, 0.717) is 24.0 Å². The van der Waals surface area contributed by atoms with Gasteiger partial charge in [0.25, 0.3) is 0 Å². The fourth-order valence-corrected chi connectivity index (χ4v) is 5.21. The Morgan fingerprint density at radius 1 is 0.971 bits per heavy atom. The van der Waals surface area contributed by atoms with E-state index in [0.717, 1.165) is 36.2 Å². The highest BCUT2D eigenvalue weighted by atomic mass is 35.5. The molecule has 0 saturated carbocycles. The van der Waals surface area contributed by atoms with Gasteiger partial charge in [-0.3, -0.25) is 9.69 Å². The molecule has 1 aliphatic heterocycles. The van der Waals surface area contributed by atoms with Gasteiger partial charge in [0.15, 0.2) is 0 Å². The third-order valence-electron chi connectivity index (χ3n) is 7.44. The first-order chi connectivity index (χ1) is 16.7. The number of carbonyl (C=O) groups is 1. The first kappa shape index (κ1) is 25.2. The maximum Gasteiger partial charge on any atom is 0.232 e. The Balaban J connectivity index is 1.44. The molecule has 4 N–H and O–H groups in total. The average molecular weight is 492 g/mol. The third kappa shape index (κ3) is 5.22. The SMILES string of the molecule is CC(C)(CCC(C(N)=O)(c1ccccc1)c1ccccc1)N1CC(NCc2cccc(O)c2Cl)C1. The highest BCUT2D eigenvalue weighted by Gasteiger charge is 2.44. The van der Waals surface area contributed by atoms with E-state index in [1.807, 2.05) is 66.7 Å². The Morgan fingerprint density at radius 3 is 2.09 bits per heavy atom. The second-order valence-electron chi connectivity index (χ2n) is 10.0. The number of nitrogens with one attached hydrogen (secondary N) is 1. The molecule has 1 heterocycles. The largest absolute Gasteiger partial charge is 0.506 e. The van der Waals surface area contributed by atoms with E-state index in [9.17, 15) is 9.90 Å². The van der Waals surface area contributed by atoms with Crippen molar-refractivity contribution in [1.82, 2.24) is 10.2 Å². The van der Waals surface area contributed by atoms with Crippen molar-refractivity contribution >= 4 is 17.5 Å². The van der Waals surface area contributed by atoms with Gasteiger partial charge in [-0.05, 0) is 49.4 Å². The third-order valence-corrected chi connectivity index (χ3v) is 7.88. The maximum atomic E-state index is 13.1. The minimum absolute atomic E-state index is 0.106. The number of benzene rings is 3. The van der Waals surface area contributed by atoms with Gasteiger partial charge in [0, 0.05) is 31.2 Å². The normalized spacial score (nSPS) is 15.1. The molecule has 1 aliphatic rings. The van der Waals surface area contributed by atoms with E-state index in [4.69, 9.17) is 17.3 Å². The Labute approximate surface area is 212 Å². The Hall–Kier alpha value is -2.86. The zero-order chi connectivity index (χ0) is 25.1. The monoisotopic (exact) mass is 491 g/mol. The van der Waals surface area contributed by atoms with Crippen molar-refractivity contribution in [2.45, 2.75) is 50.2 Å². The predicted molar refractivity (Wildman–Crippen MR) is 141 cm³/mol. The van der Waals surface area contributed by atoms with Crippen LogP contribution in [-0.2, 0) is 16.8 Å². The molecule has 184 valence electrons. The van der Waals surface area contributed by atoms with E-state index in [2.05, 4.69) is 24.1 Å². The molecule has 5 nitrogen and oxygen atoms in total. The van der Waals surface area contributed by atoms with Crippen LogP contribution in [-0.4, -0.2) is 40.6 Å². The second kappa shape index (κ2) is 10.4. The summed E-state index contributed by atoms with van der Waals surface area (Å²) in [6, 6.07) is 25.4. The van der Waals surface area contributed by atoms with Crippen LogP contribution in [0.2, 0.25) is 5.02 Å². The summed E-state index contributed by atoms with van der Waals surface area (Å²) in [6.07, 6.45) is 1.43. The smallest absolute Gasteiger partial charge is 0.232 e. The lowest BCUT2D eigenvalue weighted by atomic mass is 9.69. The van der Waals surface area contributed by atoms with Crippen LogP contribution in [0, 0.1) is 0 Å². The molecule has 0 aromatic heterocycles. The molecule has 4 rings (SSSR count). The summed E-state index contributed by atoms with van der Waals surface area (Å²) >= 11 is 6.21. The lowest BCUT2D eigenvalue weighted by Crippen LogP contribution is -2.64. The zero-order valence-electron chi connectivity index (χ0n) is 20.4. The standard InChI is InChI=1S/C29H34ClN3O2/c1-28(2,33-19-24(20-33)32-18-21-10-9-15-25(34)26(21)30)16-17-29(27(31)35,22-11-5-3-6-12-22)23-13-7-4-8-14-23/h3-15,24,32,34H,16-20H2,1-2H3,(H2,31,35). The fourth-order valence-electron chi connectivity index (χ4n) is 5.02. The molecule has 1 saturated heterocycles. The number of amides is 1. The van der Waals surface area contributed by atoms with Gasteiger partial charge in [0.2, 0.25) is 5.91 Å². The predicted octanol–water partition coefficient (Wildman–Crippen LogP) is 4.85. The first-order valence-electron chi connectivity index (χ1n) is 12.1. The number of nitrogens with two attached hydrogens (primary N) is 1. The van der Waals surface area contributed by atoms with Crippen LogP contribution in [0.4, 0.5) is 0 Å². The number of aromatic hydroxyl groups is 1. The van der Waals surface area contributed by atoms with Crippen molar-refractivity contribution in [2.75, 3.05) is 13.1 Å². The van der Waals surface area contributed by atoms with E-state index in [1.165, 1.54) is 0 Å². The average Bonchev–Trinajstić information content (AvgIpc) is 2.82. The molecule has 3 aromatic carbocycles. The van der Waals surface area contributed by atoms with Gasteiger partial charge >= 0.3 is 0 Å². The molecule has 0 aliphatic carbocycles. The highest BCUT2D eigenvalue weighted by molar-refractivity contribution is 6.32. The molecule has 1 fully saturated rings. The van der Waals surface area contributed by atoms with Gasteiger partial charge in [-0.1, -0.05) is 84.4 Å². The fraction of sp³-hybridized carbons (Fsp3) is 0.345. The first-order valence-corrected chi connectivity index (χ1v) is 12.5. The van der Waals surface area contributed by atoms with Gasteiger partial charge in [0.1, 0.15) is 5.75 Å². The number of halogens is 1. The molecule has 35 heavy (non-hydrogen) atoms. The van der Waals surface area contributed by atoms with Crippen molar-refractivity contribution in [2.24, 2.45) is 5.73 Å². The summed E-state index contributed by atoms with van der Waals surface area (Å²) < 4.78 is 0. The van der Waals surface area contributed by atoms with Crippen molar-refractivity contribution in [3.8, 4) is 5.75 Å². The lowest BCUT2D eigenvalue weighted by molar-refractivity contribution is -0.122. The van der Waals surface area contributed by atoms with Gasteiger partial charge in [0.05, 0.1) is 10.4 Å². The van der Waals surface area contributed by atoms with Gasteiger partial charge < -0.3 is 16.2 Å². The van der Waals surface area contributed by atoms with Crippen molar-refractivity contribution < 1.29 is 9.90 Å². The zero-order valence-corrected chi connectivity index (χ0v) is 21.1. The van der Waals surface area contributed by atoms with Crippen LogP contribution < -0.4 is 11.1 Å². The van der Waals surface area contributed by atoms with Gasteiger partial charge in [-0.2, -0.15) is 0 Å². The number of primary amides is 1. The number of hydrogen-bond donors (Lipinski definition) is 3. The number of nitrogens with zero attached hydrogens (tertiary/aromatic N) is 1. The molecule has 1 amide bonds. The second-order valence-corrected chi connectivity index (χ2v) is 10.4. The summed E-state index contributed by atoms with van der Waals surface area (Å²) in [4.78, 5) is 15.5. The topological polar surface area (TPSA) is 78.6 Å². The van der Waals surface area contributed by atoms with Crippen LogP contribution in [0.25, 0.3) is 0 Å². The summed E-state index contributed by atoms with van der Waals surface area (Å²) in [6.45, 7) is 6.89. The van der Waals surface area contributed by atoms with E-state index >= 15 is 0 Å². The van der Waals surface area contributed by atoms with Crippen LogP contribution in [0.5, 0.6) is 5.75 Å². The van der Waals surface area contributed by atoms with E-state index < -0.39 is 5.41 Å². The summed E-state index contributed by atoms with van der Waals surface area (Å²) in [5, 5.41) is 13.8. The minimum atomic E-state index is -0.881. The van der Waals surface area contributed by atoms with Gasteiger partial charge in [-0.25, -0.2) is 0 Å². The minimum Gasteiger partial charge on any atom is -0.506 e. The molecule has 0 bridgehead atoms. The van der Waals surface area contributed by atoms with E-state index in [-0.39, 0.29) is 17.2 Å². The van der Waals surface area contributed by atoms with Gasteiger partial charge in [-0.15, -0.1) is 0 Å². The lowest BCUT2D eigenvalue weighted by Gasteiger charge is -2.50. The molecule has 6 heteroatoms. The molecule has 0 spiro atoms. The van der Waals surface area contributed by atoms with Crippen LogP contribution in [0.1, 0.15) is 43.4 Å². The van der Waals surface area contributed by atoms with Crippen LogP contribution >= 0.6 is 11.6 Å². The Bertz CT molecular complexity index is 1110. The number of phenolic OH excluding ortho intramolecular Hbond substituents is 1. The Morgan fingerprint density at radius 2 is 1.54 bits per heavy atom. The summed E-state index contributed by atoms with van der Waals surface area (Å²) in [5.74, 6) is -0.214. The summed E-state index contributed by atoms with van der Waals surface area (Å²) in [7, 11) is 0. The molecule has 0 unspecified atom stereocenters. The van der Waals surface area contributed by atoms with Crippen molar-refractivity contribution in [3.05, 3.63) is 101 Å². The number of likely N-dealkylation sites (tertiary alicyclic amines) is 1. The molecule has 3 aromatic rings. The van der Waals surface area contributed by atoms with Crippen LogP contribution in [0.15, 0.2) is 78.9 Å². The molecular weight excluding hydrogens is 458 g/mol. The number of hydrogen-bond acceptors (Lipinski definition) is 4. The maximum absolute atomic E-state index is 13.1. The summed E-state index contributed by atoms with van der Waals surface area (Å²) in [5.41, 5.74) is 7.90. The number of carbonyl (C=O) groups excluding carboxylic acids is 1. The molecule has 0 radical (unpaired) electrons. The molecular formula is C29H34ClN3O2. The quantitative estimate of drug-likeness (QED) is 0.379. The van der Waals surface area contributed by atoms with E-state index in [1.54, 1.807) is 12.1 Å². The Kier molecular flexibility index (Phi) is 7.50. The molecule has 0 atom stereocenters.